The number of hydrogen-bond acceptors (Lipinski definition) is 7. The number of amides is 4. The molecule has 0 N–H and O–H groups in total. The number of ether oxygens (including phenoxy) is 2. The van der Waals surface area contributed by atoms with Gasteiger partial charge in [0.2, 0.25) is 0 Å². The Hall–Kier alpha value is -2.91. The molecule has 0 unspecified atom stereocenters. The molecule has 1 saturated heterocycles. The van der Waals surface area contributed by atoms with Crippen LogP contribution in [0.1, 0.15) is 29.9 Å². The predicted molar refractivity (Wildman–Crippen MR) is 115 cm³/mol. The molecular weight excluding hydrogens is 418 g/mol. The third-order valence-electron chi connectivity index (χ3n) is 5.33. The monoisotopic (exact) mass is 443 g/mol. The van der Waals surface area contributed by atoms with Crippen LogP contribution in [0.3, 0.4) is 0 Å². The number of hydrogen-bond donors (Lipinski definition) is 0. The molecule has 1 aromatic carbocycles. The molecule has 1 fully saturated rings. The van der Waals surface area contributed by atoms with E-state index in [0.717, 1.165) is 38.0 Å². The summed E-state index contributed by atoms with van der Waals surface area (Å²) in [6, 6.07) is 7.11. The van der Waals surface area contributed by atoms with Crippen LogP contribution < -0.4 is 9.47 Å². The Kier molecular flexibility index (Phi) is 6.24. The van der Waals surface area contributed by atoms with Gasteiger partial charge < -0.3 is 9.47 Å². The van der Waals surface area contributed by atoms with E-state index in [1.54, 1.807) is 0 Å². The van der Waals surface area contributed by atoms with Gasteiger partial charge in [-0.1, -0.05) is 6.07 Å². The van der Waals surface area contributed by atoms with E-state index in [1.165, 1.54) is 11.3 Å². The first kappa shape index (κ1) is 21.3. The minimum absolute atomic E-state index is 0.0843. The Bertz CT molecular complexity index is 991. The molecule has 4 rings (SSSR count). The van der Waals surface area contributed by atoms with Crippen molar-refractivity contribution in [1.82, 2.24) is 14.7 Å². The SMILES string of the molecule is CCOc1cc2c(cc1OCC)CN(CN1C(=O)C(=O)N(Cc3cccs3)C1=O)CC2. The first-order valence-corrected chi connectivity index (χ1v) is 11.2. The fourth-order valence-corrected chi connectivity index (χ4v) is 4.55. The second kappa shape index (κ2) is 9.07. The van der Waals surface area contributed by atoms with Crippen molar-refractivity contribution in [3.63, 3.8) is 0 Å². The summed E-state index contributed by atoms with van der Waals surface area (Å²) in [5, 5.41) is 1.87. The number of carbonyl (C=O) groups excluding carboxylic acids is 3. The minimum Gasteiger partial charge on any atom is -0.490 e. The molecule has 31 heavy (non-hydrogen) atoms. The average molecular weight is 444 g/mol. The Morgan fingerprint density at radius 1 is 0.968 bits per heavy atom. The van der Waals surface area contributed by atoms with E-state index in [0.29, 0.717) is 32.1 Å². The third kappa shape index (κ3) is 4.28. The summed E-state index contributed by atoms with van der Waals surface area (Å²) in [6.07, 6.45) is 0.755. The van der Waals surface area contributed by atoms with Crippen LogP contribution in [0.5, 0.6) is 11.5 Å². The molecule has 0 saturated carbocycles. The third-order valence-corrected chi connectivity index (χ3v) is 6.19. The molecule has 2 aromatic rings. The fraction of sp³-hybridized carbons (Fsp3) is 0.409. The Balaban J connectivity index is 1.47. The second-order valence-corrected chi connectivity index (χ2v) is 8.40. The van der Waals surface area contributed by atoms with E-state index in [2.05, 4.69) is 0 Å². The van der Waals surface area contributed by atoms with Gasteiger partial charge in [-0.05, 0) is 55.0 Å². The lowest BCUT2D eigenvalue weighted by atomic mass is 9.99. The van der Waals surface area contributed by atoms with Gasteiger partial charge in [-0.25, -0.2) is 9.69 Å². The maximum atomic E-state index is 12.8. The molecular formula is C22H25N3O5S. The highest BCUT2D eigenvalue weighted by Gasteiger charge is 2.45. The van der Waals surface area contributed by atoms with Gasteiger partial charge in [0.05, 0.1) is 26.4 Å². The number of urea groups is 1. The molecule has 164 valence electrons. The van der Waals surface area contributed by atoms with E-state index >= 15 is 0 Å². The number of carbonyl (C=O) groups is 3. The van der Waals surface area contributed by atoms with E-state index in [-0.39, 0.29) is 13.2 Å². The molecule has 9 heteroatoms. The maximum Gasteiger partial charge on any atom is 0.335 e. The predicted octanol–water partition coefficient (Wildman–Crippen LogP) is 2.85. The zero-order valence-corrected chi connectivity index (χ0v) is 18.4. The molecule has 8 nitrogen and oxygen atoms in total. The largest absolute Gasteiger partial charge is 0.490 e. The number of thiophene rings is 1. The second-order valence-electron chi connectivity index (χ2n) is 7.36. The van der Waals surface area contributed by atoms with Crippen LogP contribution in [0.15, 0.2) is 29.6 Å². The van der Waals surface area contributed by atoms with Crippen molar-refractivity contribution in [2.24, 2.45) is 0 Å². The van der Waals surface area contributed by atoms with Crippen molar-refractivity contribution < 1.29 is 23.9 Å². The first-order valence-electron chi connectivity index (χ1n) is 10.3. The summed E-state index contributed by atoms with van der Waals surface area (Å²) in [4.78, 5) is 42.6. The summed E-state index contributed by atoms with van der Waals surface area (Å²) in [5.41, 5.74) is 2.23. The van der Waals surface area contributed by atoms with E-state index in [1.807, 2.05) is 48.4 Å². The highest BCUT2D eigenvalue weighted by Crippen LogP contribution is 2.34. The van der Waals surface area contributed by atoms with Gasteiger partial charge in [-0.15, -0.1) is 11.3 Å². The number of rotatable bonds is 8. The lowest BCUT2D eigenvalue weighted by Crippen LogP contribution is -2.44. The standard InChI is InChI=1S/C22H25N3O5S/c1-3-29-18-10-15-7-8-23(12-16(15)11-19(18)30-4-2)14-25-21(27)20(26)24(22(25)28)13-17-6-5-9-31-17/h5-6,9-11H,3-4,7-8,12-14H2,1-2H3. The summed E-state index contributed by atoms with van der Waals surface area (Å²) in [5.74, 6) is -0.114. The van der Waals surface area contributed by atoms with Gasteiger partial charge in [-0.3, -0.25) is 19.4 Å². The highest BCUT2D eigenvalue weighted by molar-refractivity contribution is 7.09. The molecule has 0 atom stereocenters. The van der Waals surface area contributed by atoms with Crippen LogP contribution in [-0.2, 0) is 29.1 Å². The van der Waals surface area contributed by atoms with Crippen LogP contribution in [0.2, 0.25) is 0 Å². The summed E-state index contributed by atoms with van der Waals surface area (Å²) >= 11 is 1.45. The Morgan fingerprint density at radius 2 is 1.65 bits per heavy atom. The van der Waals surface area contributed by atoms with Crippen LogP contribution >= 0.6 is 11.3 Å². The van der Waals surface area contributed by atoms with Gasteiger partial charge in [0.15, 0.2) is 11.5 Å². The van der Waals surface area contributed by atoms with E-state index in [4.69, 9.17) is 9.47 Å². The molecule has 2 aliphatic rings. The smallest absolute Gasteiger partial charge is 0.335 e. The van der Waals surface area contributed by atoms with Crippen molar-refractivity contribution in [2.45, 2.75) is 33.4 Å². The molecule has 0 radical (unpaired) electrons. The topological polar surface area (TPSA) is 79.4 Å². The normalized spacial score (nSPS) is 16.8. The van der Waals surface area contributed by atoms with Gasteiger partial charge in [-0.2, -0.15) is 0 Å². The molecule has 0 aliphatic carbocycles. The van der Waals surface area contributed by atoms with Crippen molar-refractivity contribution in [2.75, 3.05) is 26.4 Å². The lowest BCUT2D eigenvalue weighted by molar-refractivity contribution is -0.144. The number of benzene rings is 1. The van der Waals surface area contributed by atoms with Crippen molar-refractivity contribution in [3.8, 4) is 11.5 Å². The average Bonchev–Trinajstić information content (AvgIpc) is 3.34. The number of nitrogens with zero attached hydrogens (tertiary/aromatic N) is 3. The molecule has 0 spiro atoms. The fourth-order valence-electron chi connectivity index (χ4n) is 3.85. The number of fused-ring (bicyclic) bond motifs is 1. The van der Waals surface area contributed by atoms with Crippen molar-refractivity contribution in [3.05, 3.63) is 45.6 Å². The van der Waals surface area contributed by atoms with Crippen molar-refractivity contribution >= 4 is 29.2 Å². The van der Waals surface area contributed by atoms with Crippen LogP contribution in [0.4, 0.5) is 4.79 Å². The lowest BCUT2D eigenvalue weighted by Gasteiger charge is -2.31. The van der Waals surface area contributed by atoms with Gasteiger partial charge in [0.1, 0.15) is 0 Å². The minimum atomic E-state index is -0.769. The Morgan fingerprint density at radius 3 is 2.29 bits per heavy atom. The Labute approximate surface area is 184 Å². The number of imide groups is 2. The zero-order chi connectivity index (χ0) is 22.0. The zero-order valence-electron chi connectivity index (χ0n) is 17.6. The molecule has 3 heterocycles. The van der Waals surface area contributed by atoms with Crippen LogP contribution in [0.25, 0.3) is 0 Å². The van der Waals surface area contributed by atoms with Gasteiger partial charge in [0.25, 0.3) is 0 Å². The molecule has 4 amide bonds. The summed E-state index contributed by atoms with van der Waals surface area (Å²) in [6.45, 7) is 6.37. The molecule has 0 bridgehead atoms. The quantitative estimate of drug-likeness (QED) is 0.461. The van der Waals surface area contributed by atoms with Gasteiger partial charge in [0, 0.05) is 18.0 Å². The van der Waals surface area contributed by atoms with Crippen LogP contribution in [0, 0.1) is 0 Å². The molecule has 1 aromatic heterocycles. The van der Waals surface area contributed by atoms with E-state index in [9.17, 15) is 14.4 Å². The molecule has 2 aliphatic heterocycles. The summed E-state index contributed by atoms with van der Waals surface area (Å²) in [7, 11) is 0. The van der Waals surface area contributed by atoms with E-state index < -0.39 is 17.8 Å². The van der Waals surface area contributed by atoms with Gasteiger partial charge >= 0.3 is 17.8 Å². The summed E-state index contributed by atoms with van der Waals surface area (Å²) < 4.78 is 11.4. The first-order chi connectivity index (χ1) is 15.0. The maximum absolute atomic E-state index is 12.8. The van der Waals surface area contributed by atoms with Crippen LogP contribution in [-0.4, -0.2) is 59.0 Å². The van der Waals surface area contributed by atoms with Crippen molar-refractivity contribution in [1.29, 1.82) is 0 Å². The highest BCUT2D eigenvalue weighted by atomic mass is 32.1.